The molecule has 0 aliphatic carbocycles. The van der Waals surface area contributed by atoms with Crippen molar-refractivity contribution in [1.29, 1.82) is 0 Å². The van der Waals surface area contributed by atoms with Crippen LogP contribution in [0.1, 0.15) is 19.4 Å². The topological polar surface area (TPSA) is 74.8 Å². The molecule has 0 aromatic heterocycles. The molecule has 0 atom stereocenters. The number of carbonyl (C=O) groups is 4. The molecule has 0 radical (unpaired) electrons. The number of nitrogens with zero attached hydrogens (tertiary/aromatic N) is 2. The average Bonchev–Trinajstić information content (AvgIpc) is 2.43. The van der Waals surface area contributed by atoms with Crippen molar-refractivity contribution in [3.8, 4) is 0 Å². The third-order valence-electron chi connectivity index (χ3n) is 3.05. The third-order valence-corrected chi connectivity index (χ3v) is 3.05. The van der Waals surface area contributed by atoms with E-state index in [0.29, 0.717) is 5.56 Å². The van der Waals surface area contributed by atoms with Crippen LogP contribution in [0.25, 0.3) is 6.08 Å². The molecule has 0 bridgehead atoms. The van der Waals surface area contributed by atoms with Crippen molar-refractivity contribution in [3.63, 3.8) is 0 Å². The minimum Gasteiger partial charge on any atom is -0.275 e. The lowest BCUT2D eigenvalue weighted by atomic mass is 10.1. The zero-order valence-electron chi connectivity index (χ0n) is 11.7. The third kappa shape index (κ3) is 2.89. The van der Waals surface area contributed by atoms with E-state index in [-0.39, 0.29) is 5.70 Å². The SMILES string of the molecule is CC(=O)N1CC(=O)N(C(C)=O)C(=Cc2ccccc2)C1=O. The molecular weight excluding hydrogens is 272 g/mol. The van der Waals surface area contributed by atoms with E-state index in [0.717, 1.165) is 9.80 Å². The van der Waals surface area contributed by atoms with Gasteiger partial charge in [-0.2, -0.15) is 0 Å². The zero-order chi connectivity index (χ0) is 15.6. The summed E-state index contributed by atoms with van der Waals surface area (Å²) in [6.45, 7) is 1.99. The van der Waals surface area contributed by atoms with Crippen LogP contribution in [0.15, 0.2) is 36.0 Å². The maximum Gasteiger partial charge on any atom is 0.278 e. The molecule has 1 aliphatic rings. The largest absolute Gasteiger partial charge is 0.278 e. The number of hydrogen-bond acceptors (Lipinski definition) is 4. The summed E-state index contributed by atoms with van der Waals surface area (Å²) in [7, 11) is 0. The number of imide groups is 2. The standard InChI is InChI=1S/C15H14N2O4/c1-10(18)16-9-14(20)17(11(2)19)13(15(16)21)8-12-6-4-3-5-7-12/h3-8H,9H2,1-2H3. The summed E-state index contributed by atoms with van der Waals surface area (Å²) in [4.78, 5) is 49.1. The van der Waals surface area contributed by atoms with Crippen LogP contribution in [-0.4, -0.2) is 40.0 Å². The van der Waals surface area contributed by atoms with Crippen LogP contribution in [0.5, 0.6) is 0 Å². The smallest absolute Gasteiger partial charge is 0.275 e. The highest BCUT2D eigenvalue weighted by Gasteiger charge is 2.38. The number of rotatable bonds is 1. The first-order chi connectivity index (χ1) is 9.91. The van der Waals surface area contributed by atoms with Gasteiger partial charge in [-0.05, 0) is 11.6 Å². The van der Waals surface area contributed by atoms with E-state index < -0.39 is 30.2 Å². The molecule has 0 unspecified atom stereocenters. The van der Waals surface area contributed by atoms with Crippen LogP contribution in [0.2, 0.25) is 0 Å². The van der Waals surface area contributed by atoms with E-state index in [1.54, 1.807) is 30.3 Å². The lowest BCUT2D eigenvalue weighted by Crippen LogP contribution is -2.54. The molecule has 1 fully saturated rings. The summed E-state index contributed by atoms with van der Waals surface area (Å²) in [5.41, 5.74) is 0.547. The predicted molar refractivity (Wildman–Crippen MR) is 74.3 cm³/mol. The maximum atomic E-state index is 12.3. The molecule has 6 nitrogen and oxygen atoms in total. The van der Waals surface area contributed by atoms with Crippen molar-refractivity contribution in [3.05, 3.63) is 41.6 Å². The number of hydrogen-bond donors (Lipinski definition) is 0. The molecule has 1 aromatic carbocycles. The van der Waals surface area contributed by atoms with E-state index in [4.69, 9.17) is 0 Å². The fourth-order valence-corrected chi connectivity index (χ4v) is 2.08. The van der Waals surface area contributed by atoms with Crippen LogP contribution in [-0.2, 0) is 19.2 Å². The number of amides is 4. The zero-order valence-corrected chi connectivity index (χ0v) is 11.7. The molecule has 4 amide bonds. The van der Waals surface area contributed by atoms with Crippen LogP contribution < -0.4 is 0 Å². The molecule has 6 heteroatoms. The summed E-state index contributed by atoms with van der Waals surface area (Å²) in [5.74, 6) is -2.34. The normalized spacial score (nSPS) is 17.3. The number of piperazine rings is 1. The second-order valence-electron chi connectivity index (χ2n) is 4.60. The second kappa shape index (κ2) is 5.70. The number of benzene rings is 1. The first kappa shape index (κ1) is 14.6. The minimum absolute atomic E-state index is 0.111. The van der Waals surface area contributed by atoms with Crippen molar-refractivity contribution in [2.24, 2.45) is 0 Å². The Labute approximate surface area is 121 Å². The minimum atomic E-state index is -0.652. The van der Waals surface area contributed by atoms with E-state index in [2.05, 4.69) is 0 Å². The summed E-state index contributed by atoms with van der Waals surface area (Å²) in [6, 6.07) is 8.80. The van der Waals surface area contributed by atoms with Gasteiger partial charge in [0.2, 0.25) is 11.8 Å². The van der Waals surface area contributed by atoms with Crippen molar-refractivity contribution in [2.45, 2.75) is 13.8 Å². The van der Waals surface area contributed by atoms with E-state index in [1.165, 1.54) is 19.9 Å². The first-order valence-corrected chi connectivity index (χ1v) is 6.34. The molecular formula is C15H14N2O4. The van der Waals surface area contributed by atoms with Crippen molar-refractivity contribution in [1.82, 2.24) is 9.80 Å². The van der Waals surface area contributed by atoms with E-state index in [9.17, 15) is 19.2 Å². The maximum absolute atomic E-state index is 12.3. The van der Waals surface area contributed by atoms with Gasteiger partial charge in [-0.1, -0.05) is 30.3 Å². The van der Waals surface area contributed by atoms with Gasteiger partial charge in [-0.25, -0.2) is 4.90 Å². The summed E-state index contributed by atoms with van der Waals surface area (Å²) in [5, 5.41) is 0. The van der Waals surface area contributed by atoms with Crippen molar-refractivity contribution in [2.75, 3.05) is 6.54 Å². The monoisotopic (exact) mass is 286 g/mol. The van der Waals surface area contributed by atoms with Crippen LogP contribution in [0, 0.1) is 0 Å². The Bertz CT molecular complexity index is 649. The number of carbonyl (C=O) groups excluding carboxylic acids is 4. The highest BCUT2D eigenvalue weighted by Crippen LogP contribution is 2.20. The van der Waals surface area contributed by atoms with Crippen molar-refractivity contribution >= 4 is 29.7 Å². The fraction of sp³-hybridized carbons (Fsp3) is 0.200. The van der Waals surface area contributed by atoms with Gasteiger partial charge in [0.15, 0.2) is 0 Å². The Balaban J connectivity index is 2.51. The van der Waals surface area contributed by atoms with E-state index >= 15 is 0 Å². The molecule has 0 saturated carbocycles. The van der Waals surface area contributed by atoms with Gasteiger partial charge in [-0.3, -0.25) is 24.1 Å². The molecule has 108 valence electrons. The second-order valence-corrected chi connectivity index (χ2v) is 4.60. The van der Waals surface area contributed by atoms with Crippen LogP contribution >= 0.6 is 0 Å². The van der Waals surface area contributed by atoms with Gasteiger partial charge in [-0.15, -0.1) is 0 Å². The summed E-state index contributed by atoms with van der Waals surface area (Å²) in [6.07, 6.45) is 1.43. The van der Waals surface area contributed by atoms with Gasteiger partial charge in [0.1, 0.15) is 12.2 Å². The van der Waals surface area contributed by atoms with Crippen LogP contribution in [0.4, 0.5) is 0 Å². The Hall–Kier alpha value is -2.76. The molecule has 0 N–H and O–H groups in total. The fourth-order valence-electron chi connectivity index (χ4n) is 2.08. The molecule has 2 rings (SSSR count). The average molecular weight is 286 g/mol. The van der Waals surface area contributed by atoms with E-state index in [1.807, 2.05) is 0 Å². The summed E-state index contributed by atoms with van der Waals surface area (Å²) >= 11 is 0. The lowest BCUT2D eigenvalue weighted by Gasteiger charge is -2.32. The van der Waals surface area contributed by atoms with Gasteiger partial charge >= 0.3 is 0 Å². The first-order valence-electron chi connectivity index (χ1n) is 6.34. The quantitative estimate of drug-likeness (QED) is 0.715. The van der Waals surface area contributed by atoms with Gasteiger partial charge < -0.3 is 0 Å². The van der Waals surface area contributed by atoms with Gasteiger partial charge in [0, 0.05) is 13.8 Å². The molecule has 1 saturated heterocycles. The Morgan fingerprint density at radius 2 is 1.67 bits per heavy atom. The Kier molecular flexibility index (Phi) is 3.98. The summed E-state index contributed by atoms with van der Waals surface area (Å²) < 4.78 is 0. The lowest BCUT2D eigenvalue weighted by molar-refractivity contribution is -0.156. The van der Waals surface area contributed by atoms with Crippen molar-refractivity contribution < 1.29 is 19.2 Å². The molecule has 1 aliphatic heterocycles. The molecule has 1 aromatic rings. The highest BCUT2D eigenvalue weighted by atomic mass is 16.2. The Morgan fingerprint density at radius 3 is 2.19 bits per heavy atom. The Morgan fingerprint density at radius 1 is 1.05 bits per heavy atom. The molecule has 0 spiro atoms. The van der Waals surface area contributed by atoms with Gasteiger partial charge in [0.05, 0.1) is 0 Å². The molecule has 21 heavy (non-hydrogen) atoms. The van der Waals surface area contributed by atoms with Crippen LogP contribution in [0.3, 0.4) is 0 Å². The molecule has 1 heterocycles. The van der Waals surface area contributed by atoms with Gasteiger partial charge in [0.25, 0.3) is 11.8 Å². The predicted octanol–water partition coefficient (Wildman–Crippen LogP) is 0.791. The highest BCUT2D eigenvalue weighted by molar-refractivity contribution is 6.17.